The number of aryl methyl sites for hydroxylation is 2. The van der Waals surface area contributed by atoms with Crippen LogP contribution in [0.4, 0.5) is 5.13 Å². The van der Waals surface area contributed by atoms with Gasteiger partial charge in [-0.2, -0.15) is 0 Å². The molecule has 3 aliphatic rings. The van der Waals surface area contributed by atoms with E-state index in [0.29, 0.717) is 35.4 Å². The minimum atomic E-state index is -0.439. The molecule has 5 rings (SSSR count). The molecular formula is C28H34N2O4S. The number of nitrogens with zero attached hydrogens (tertiary/aromatic N) is 1. The lowest BCUT2D eigenvalue weighted by Crippen LogP contribution is -2.44. The van der Waals surface area contributed by atoms with E-state index in [-0.39, 0.29) is 23.5 Å². The predicted octanol–water partition coefficient (Wildman–Crippen LogP) is 5.97. The Balaban J connectivity index is 1.34. The quantitative estimate of drug-likeness (QED) is 0.381. The number of benzene rings is 1. The first kappa shape index (κ1) is 24.0. The normalized spacial score (nSPS) is 30.5. The molecule has 1 aromatic heterocycles. The van der Waals surface area contributed by atoms with Crippen molar-refractivity contribution in [3.05, 3.63) is 52.2 Å². The van der Waals surface area contributed by atoms with Crippen LogP contribution in [0, 0.1) is 30.1 Å². The molecule has 1 aromatic carbocycles. The molecule has 2 aromatic rings. The fourth-order valence-corrected chi connectivity index (χ4v) is 7.88. The van der Waals surface area contributed by atoms with Crippen LogP contribution in [0.1, 0.15) is 67.4 Å². The molecule has 1 amide bonds. The van der Waals surface area contributed by atoms with Gasteiger partial charge < -0.3 is 15.2 Å². The monoisotopic (exact) mass is 494 g/mol. The van der Waals surface area contributed by atoms with Gasteiger partial charge >= 0.3 is 0 Å². The number of anilines is 1. The highest BCUT2D eigenvalue weighted by Crippen LogP contribution is 2.63. The lowest BCUT2D eigenvalue weighted by atomic mass is 9.54. The molecule has 0 saturated heterocycles. The number of carbonyl (C=O) groups is 2. The molecule has 0 aliphatic heterocycles. The zero-order valence-corrected chi connectivity index (χ0v) is 21.5. The van der Waals surface area contributed by atoms with Gasteiger partial charge in [0.2, 0.25) is 5.91 Å². The van der Waals surface area contributed by atoms with Gasteiger partial charge in [0.25, 0.3) is 0 Å². The lowest BCUT2D eigenvalue weighted by Gasteiger charge is -2.49. The predicted molar refractivity (Wildman–Crippen MR) is 137 cm³/mol. The molecule has 7 heteroatoms. The number of thiazole rings is 1. The Morgan fingerprint density at radius 2 is 2.20 bits per heavy atom. The Labute approximate surface area is 210 Å². The first-order valence-corrected chi connectivity index (χ1v) is 13.5. The van der Waals surface area contributed by atoms with Crippen molar-refractivity contribution in [2.24, 2.45) is 23.2 Å². The third-order valence-electron chi connectivity index (χ3n) is 8.72. The SMILES string of the molecule is COc1ccc2c(c1)CCC1C2CC[C@]2(C)C(=O)/C(=C/O)[C@@H](CCCC(=O)Nc3ncc(C)s3)C12. The summed E-state index contributed by atoms with van der Waals surface area (Å²) < 4.78 is 5.45. The maximum absolute atomic E-state index is 13.5. The number of ether oxygens (including phenoxy) is 1. The zero-order chi connectivity index (χ0) is 24.7. The Kier molecular flexibility index (Phi) is 6.47. The van der Waals surface area contributed by atoms with Crippen LogP contribution in [0.2, 0.25) is 0 Å². The van der Waals surface area contributed by atoms with Crippen LogP contribution in [0.3, 0.4) is 0 Å². The summed E-state index contributed by atoms with van der Waals surface area (Å²) in [5.41, 5.74) is 2.89. The summed E-state index contributed by atoms with van der Waals surface area (Å²) in [5.74, 6) is 1.95. The number of ketones is 1. The number of aliphatic hydroxyl groups is 1. The average Bonchev–Trinajstić information content (AvgIpc) is 3.35. The van der Waals surface area contributed by atoms with E-state index in [0.717, 1.165) is 49.0 Å². The summed E-state index contributed by atoms with van der Waals surface area (Å²) in [5, 5.41) is 13.6. The number of rotatable bonds is 6. The first-order valence-electron chi connectivity index (χ1n) is 12.6. The fourth-order valence-electron chi connectivity index (χ4n) is 7.20. The number of Topliss-reactive ketones (excluding diaryl/α,β-unsaturated/α-hetero) is 1. The smallest absolute Gasteiger partial charge is 0.226 e. The number of methoxy groups -OCH3 is 1. The Hall–Kier alpha value is -2.67. The highest BCUT2D eigenvalue weighted by Gasteiger charge is 2.60. The summed E-state index contributed by atoms with van der Waals surface area (Å²) in [6.07, 6.45) is 8.43. The van der Waals surface area contributed by atoms with Crippen molar-refractivity contribution in [1.29, 1.82) is 0 Å². The molecule has 2 fully saturated rings. The molecule has 5 atom stereocenters. The van der Waals surface area contributed by atoms with Crippen LogP contribution in [0.15, 0.2) is 36.2 Å². The van der Waals surface area contributed by atoms with E-state index in [2.05, 4.69) is 29.4 Å². The van der Waals surface area contributed by atoms with Gasteiger partial charge in [-0.1, -0.05) is 13.0 Å². The lowest BCUT2D eigenvalue weighted by molar-refractivity contribution is -0.127. The molecule has 3 unspecified atom stereocenters. The number of aliphatic hydroxyl groups excluding tert-OH is 1. The Morgan fingerprint density at radius 3 is 2.91 bits per heavy atom. The van der Waals surface area contributed by atoms with Crippen LogP contribution < -0.4 is 10.1 Å². The summed E-state index contributed by atoms with van der Waals surface area (Å²) in [7, 11) is 1.70. The number of aromatic nitrogens is 1. The molecule has 2 N–H and O–H groups in total. The third kappa shape index (κ3) is 4.18. The molecule has 6 nitrogen and oxygen atoms in total. The van der Waals surface area contributed by atoms with Crippen LogP contribution in [0.25, 0.3) is 0 Å². The van der Waals surface area contributed by atoms with E-state index < -0.39 is 5.41 Å². The largest absolute Gasteiger partial charge is 0.515 e. The maximum Gasteiger partial charge on any atom is 0.226 e. The number of nitrogens with one attached hydrogen (secondary N) is 1. The highest BCUT2D eigenvalue weighted by atomic mass is 32.1. The standard InChI is InChI=1S/C28H34N2O4S/c1-16-14-29-27(35-16)30-24(32)6-4-5-21-23(15-31)26(33)28(2)12-11-20-19-10-8-18(34-3)13-17(19)7-9-22(20)25(21)28/h8,10,13-15,20-22,25,31H,4-7,9,11-12H2,1-3H3,(H,29,30,32)/b23-15+/t20?,21-,22?,25?,28+/m1/s1. The summed E-state index contributed by atoms with van der Waals surface area (Å²) in [6, 6.07) is 6.43. The number of hydrogen-bond donors (Lipinski definition) is 2. The molecule has 0 bridgehead atoms. The second-order valence-corrected chi connectivity index (χ2v) is 11.8. The van der Waals surface area contributed by atoms with Crippen molar-refractivity contribution in [2.75, 3.05) is 12.4 Å². The van der Waals surface area contributed by atoms with Gasteiger partial charge in [-0.25, -0.2) is 4.98 Å². The van der Waals surface area contributed by atoms with Crippen molar-refractivity contribution < 1.29 is 19.4 Å². The Bertz CT molecular complexity index is 1170. The molecule has 1 heterocycles. The topological polar surface area (TPSA) is 88.5 Å². The van der Waals surface area contributed by atoms with Crippen molar-refractivity contribution in [2.45, 2.75) is 64.7 Å². The van der Waals surface area contributed by atoms with E-state index in [4.69, 9.17) is 4.74 Å². The summed E-state index contributed by atoms with van der Waals surface area (Å²) in [6.45, 7) is 4.07. The van der Waals surface area contributed by atoms with Crippen LogP contribution in [-0.2, 0) is 16.0 Å². The highest BCUT2D eigenvalue weighted by molar-refractivity contribution is 7.15. The number of allylic oxidation sites excluding steroid dienone is 1. The first-order chi connectivity index (χ1) is 16.9. The van der Waals surface area contributed by atoms with E-state index >= 15 is 0 Å². The molecule has 0 radical (unpaired) electrons. The molecule has 2 saturated carbocycles. The van der Waals surface area contributed by atoms with E-state index in [1.54, 1.807) is 13.3 Å². The van der Waals surface area contributed by atoms with Crippen molar-refractivity contribution in [3.8, 4) is 5.75 Å². The van der Waals surface area contributed by atoms with Gasteiger partial charge in [0.05, 0.1) is 13.4 Å². The number of fused-ring (bicyclic) bond motifs is 5. The minimum Gasteiger partial charge on any atom is -0.515 e. The zero-order valence-electron chi connectivity index (χ0n) is 20.7. The fraction of sp³-hybridized carbons (Fsp3) is 0.536. The summed E-state index contributed by atoms with van der Waals surface area (Å²) >= 11 is 1.46. The minimum absolute atomic E-state index is 0.0139. The van der Waals surface area contributed by atoms with E-state index in [1.165, 1.54) is 22.5 Å². The van der Waals surface area contributed by atoms with Crippen molar-refractivity contribution in [1.82, 2.24) is 4.98 Å². The van der Waals surface area contributed by atoms with Crippen LogP contribution >= 0.6 is 11.3 Å². The van der Waals surface area contributed by atoms with Gasteiger partial charge in [0.1, 0.15) is 5.75 Å². The van der Waals surface area contributed by atoms with Gasteiger partial charge in [-0.3, -0.25) is 9.59 Å². The maximum atomic E-state index is 13.5. The second kappa shape index (κ2) is 9.41. The van der Waals surface area contributed by atoms with Gasteiger partial charge in [0.15, 0.2) is 10.9 Å². The number of hydrogen-bond acceptors (Lipinski definition) is 6. The van der Waals surface area contributed by atoms with Gasteiger partial charge in [0, 0.05) is 28.5 Å². The number of carbonyl (C=O) groups excluding carboxylic acids is 2. The third-order valence-corrected chi connectivity index (χ3v) is 9.55. The van der Waals surface area contributed by atoms with Gasteiger partial charge in [-0.05, 0) is 92.4 Å². The van der Waals surface area contributed by atoms with Crippen LogP contribution in [0.5, 0.6) is 5.75 Å². The molecule has 0 spiro atoms. The molecule has 35 heavy (non-hydrogen) atoms. The average molecular weight is 495 g/mol. The molecular weight excluding hydrogens is 460 g/mol. The summed E-state index contributed by atoms with van der Waals surface area (Å²) in [4.78, 5) is 31.3. The molecule has 186 valence electrons. The Morgan fingerprint density at radius 1 is 1.37 bits per heavy atom. The second-order valence-electron chi connectivity index (χ2n) is 10.6. The van der Waals surface area contributed by atoms with E-state index in [9.17, 15) is 14.7 Å². The number of amides is 1. The van der Waals surface area contributed by atoms with E-state index in [1.807, 2.05) is 13.0 Å². The van der Waals surface area contributed by atoms with Crippen molar-refractivity contribution in [3.63, 3.8) is 0 Å². The van der Waals surface area contributed by atoms with Gasteiger partial charge in [-0.15, -0.1) is 11.3 Å². The van der Waals surface area contributed by atoms with Crippen LogP contribution in [-0.4, -0.2) is 28.9 Å². The van der Waals surface area contributed by atoms with Crippen molar-refractivity contribution >= 4 is 28.2 Å². The molecule has 3 aliphatic carbocycles.